The minimum Gasteiger partial charge on any atom is -0.450 e. The van der Waals surface area contributed by atoms with Gasteiger partial charge in [0.15, 0.2) is 0 Å². The van der Waals surface area contributed by atoms with Crippen LogP contribution >= 0.6 is 0 Å². The summed E-state index contributed by atoms with van der Waals surface area (Å²) in [6.07, 6.45) is 2.13. The predicted molar refractivity (Wildman–Crippen MR) is 64.5 cm³/mol. The first-order valence-electron chi connectivity index (χ1n) is 6.28. The highest BCUT2D eigenvalue weighted by Gasteiger charge is 2.24. The Bertz CT molecular complexity index is 219. The standard InChI is InChI=1S/C12H24N2O2/c1-4-16-12(15)14-7-5-6-11(9-14)8-13-10(2)3/h10-11,13H,4-9H2,1-3H3. The van der Waals surface area contributed by atoms with Gasteiger partial charge in [0.1, 0.15) is 0 Å². The van der Waals surface area contributed by atoms with E-state index in [1.807, 2.05) is 11.8 Å². The molecule has 16 heavy (non-hydrogen) atoms. The van der Waals surface area contributed by atoms with Gasteiger partial charge in [0.25, 0.3) is 0 Å². The molecule has 0 aliphatic carbocycles. The highest BCUT2D eigenvalue weighted by molar-refractivity contribution is 5.67. The molecule has 1 fully saturated rings. The molecule has 0 bridgehead atoms. The Balaban J connectivity index is 2.32. The molecule has 0 spiro atoms. The van der Waals surface area contributed by atoms with E-state index >= 15 is 0 Å². The number of ether oxygens (including phenoxy) is 1. The Hall–Kier alpha value is -0.770. The molecule has 1 heterocycles. The molecule has 0 radical (unpaired) electrons. The first-order valence-corrected chi connectivity index (χ1v) is 6.28. The maximum Gasteiger partial charge on any atom is 0.409 e. The number of carbonyl (C=O) groups excluding carboxylic acids is 1. The minimum atomic E-state index is -0.156. The van der Waals surface area contributed by atoms with Crippen molar-refractivity contribution in [2.75, 3.05) is 26.2 Å². The molecule has 1 N–H and O–H groups in total. The highest BCUT2D eigenvalue weighted by atomic mass is 16.6. The van der Waals surface area contributed by atoms with Crippen molar-refractivity contribution < 1.29 is 9.53 Å². The van der Waals surface area contributed by atoms with Gasteiger partial charge < -0.3 is 15.0 Å². The molecule has 1 atom stereocenters. The lowest BCUT2D eigenvalue weighted by Crippen LogP contribution is -2.43. The Morgan fingerprint density at radius 1 is 1.56 bits per heavy atom. The average Bonchev–Trinajstić information content (AvgIpc) is 2.27. The fourth-order valence-electron chi connectivity index (χ4n) is 2.01. The van der Waals surface area contributed by atoms with Crippen LogP contribution in [0.4, 0.5) is 4.79 Å². The Morgan fingerprint density at radius 2 is 2.31 bits per heavy atom. The maximum absolute atomic E-state index is 11.6. The fourth-order valence-corrected chi connectivity index (χ4v) is 2.01. The predicted octanol–water partition coefficient (Wildman–Crippen LogP) is 1.85. The number of hydrogen-bond acceptors (Lipinski definition) is 3. The summed E-state index contributed by atoms with van der Waals surface area (Å²) in [7, 11) is 0. The second-order valence-corrected chi connectivity index (χ2v) is 4.72. The molecule has 4 heteroatoms. The Morgan fingerprint density at radius 3 is 2.94 bits per heavy atom. The van der Waals surface area contributed by atoms with Gasteiger partial charge in [-0.05, 0) is 32.2 Å². The lowest BCUT2D eigenvalue weighted by Gasteiger charge is -2.32. The lowest BCUT2D eigenvalue weighted by atomic mass is 9.98. The van der Waals surface area contributed by atoms with Crippen LogP contribution in [0.15, 0.2) is 0 Å². The van der Waals surface area contributed by atoms with E-state index in [0.29, 0.717) is 18.6 Å². The first-order chi connectivity index (χ1) is 7.63. The van der Waals surface area contributed by atoms with Crippen LogP contribution in [0.2, 0.25) is 0 Å². The third-order valence-electron chi connectivity index (χ3n) is 2.86. The Kier molecular flexibility index (Phi) is 5.60. The molecule has 94 valence electrons. The molecule has 0 aromatic carbocycles. The van der Waals surface area contributed by atoms with E-state index < -0.39 is 0 Å². The number of piperidine rings is 1. The third-order valence-corrected chi connectivity index (χ3v) is 2.86. The van der Waals surface area contributed by atoms with Crippen LogP contribution in [0.25, 0.3) is 0 Å². The first kappa shape index (κ1) is 13.3. The Labute approximate surface area is 98.3 Å². The van der Waals surface area contributed by atoms with Crippen LogP contribution in [0, 0.1) is 5.92 Å². The highest BCUT2D eigenvalue weighted by Crippen LogP contribution is 2.16. The van der Waals surface area contributed by atoms with E-state index in [2.05, 4.69) is 19.2 Å². The number of nitrogens with zero attached hydrogens (tertiary/aromatic N) is 1. The molecule has 4 nitrogen and oxygen atoms in total. The van der Waals surface area contributed by atoms with Gasteiger partial charge in [0.2, 0.25) is 0 Å². The van der Waals surface area contributed by atoms with E-state index in [0.717, 1.165) is 26.1 Å². The van der Waals surface area contributed by atoms with E-state index in [1.165, 1.54) is 6.42 Å². The van der Waals surface area contributed by atoms with Crippen LogP contribution in [0.3, 0.4) is 0 Å². The van der Waals surface area contributed by atoms with Crippen molar-refractivity contribution in [3.63, 3.8) is 0 Å². The average molecular weight is 228 g/mol. The molecule has 1 saturated heterocycles. The van der Waals surface area contributed by atoms with Crippen LogP contribution in [-0.2, 0) is 4.74 Å². The van der Waals surface area contributed by atoms with Crippen molar-refractivity contribution in [3.05, 3.63) is 0 Å². The molecule has 1 rings (SSSR count). The van der Waals surface area contributed by atoms with Crippen LogP contribution in [0.5, 0.6) is 0 Å². The summed E-state index contributed by atoms with van der Waals surface area (Å²) in [6.45, 7) is 9.27. The van der Waals surface area contributed by atoms with Gasteiger partial charge in [-0.1, -0.05) is 13.8 Å². The number of likely N-dealkylation sites (tertiary alicyclic amines) is 1. The zero-order valence-electron chi connectivity index (χ0n) is 10.7. The number of rotatable bonds is 4. The van der Waals surface area contributed by atoms with Gasteiger partial charge in [0, 0.05) is 19.1 Å². The minimum absolute atomic E-state index is 0.156. The second kappa shape index (κ2) is 6.74. The summed E-state index contributed by atoms with van der Waals surface area (Å²) in [6, 6.07) is 0.512. The topological polar surface area (TPSA) is 41.6 Å². The maximum atomic E-state index is 11.6. The van der Waals surface area contributed by atoms with Crippen molar-refractivity contribution in [3.8, 4) is 0 Å². The van der Waals surface area contributed by atoms with Gasteiger partial charge >= 0.3 is 6.09 Å². The molecule has 0 saturated carbocycles. The summed E-state index contributed by atoms with van der Waals surface area (Å²) in [5.74, 6) is 0.570. The second-order valence-electron chi connectivity index (χ2n) is 4.72. The van der Waals surface area contributed by atoms with Crippen molar-refractivity contribution in [2.45, 2.75) is 39.7 Å². The van der Waals surface area contributed by atoms with E-state index in [4.69, 9.17) is 4.74 Å². The quantitative estimate of drug-likeness (QED) is 0.798. The molecular weight excluding hydrogens is 204 g/mol. The fraction of sp³-hybridized carbons (Fsp3) is 0.917. The normalized spacial score (nSPS) is 21.2. The number of nitrogens with one attached hydrogen (secondary N) is 1. The van der Waals surface area contributed by atoms with Crippen molar-refractivity contribution >= 4 is 6.09 Å². The van der Waals surface area contributed by atoms with E-state index in [-0.39, 0.29) is 6.09 Å². The SMILES string of the molecule is CCOC(=O)N1CCCC(CNC(C)C)C1. The van der Waals surface area contributed by atoms with Crippen molar-refractivity contribution in [1.29, 1.82) is 0 Å². The number of carbonyl (C=O) groups is 1. The van der Waals surface area contributed by atoms with E-state index in [1.54, 1.807) is 0 Å². The zero-order chi connectivity index (χ0) is 12.0. The van der Waals surface area contributed by atoms with E-state index in [9.17, 15) is 4.79 Å². The summed E-state index contributed by atoms with van der Waals surface area (Å²) in [5, 5.41) is 3.43. The van der Waals surface area contributed by atoms with Gasteiger partial charge in [0.05, 0.1) is 6.61 Å². The van der Waals surface area contributed by atoms with Crippen molar-refractivity contribution in [1.82, 2.24) is 10.2 Å². The largest absolute Gasteiger partial charge is 0.450 e. The van der Waals surface area contributed by atoms with Crippen LogP contribution in [-0.4, -0.2) is 43.3 Å². The molecule has 1 unspecified atom stereocenters. The summed E-state index contributed by atoms with van der Waals surface area (Å²) < 4.78 is 5.02. The molecule has 1 aliphatic rings. The number of hydrogen-bond donors (Lipinski definition) is 1. The summed E-state index contributed by atoms with van der Waals surface area (Å²) in [4.78, 5) is 13.4. The molecule has 1 amide bonds. The molecule has 0 aromatic heterocycles. The van der Waals surface area contributed by atoms with Crippen molar-refractivity contribution in [2.24, 2.45) is 5.92 Å². The molecular formula is C12H24N2O2. The monoisotopic (exact) mass is 228 g/mol. The number of amides is 1. The van der Waals surface area contributed by atoms with Crippen LogP contribution in [0.1, 0.15) is 33.6 Å². The van der Waals surface area contributed by atoms with Crippen LogP contribution < -0.4 is 5.32 Å². The van der Waals surface area contributed by atoms with Gasteiger partial charge in [-0.2, -0.15) is 0 Å². The lowest BCUT2D eigenvalue weighted by molar-refractivity contribution is 0.0880. The zero-order valence-corrected chi connectivity index (χ0v) is 10.7. The smallest absolute Gasteiger partial charge is 0.409 e. The van der Waals surface area contributed by atoms with Gasteiger partial charge in [-0.3, -0.25) is 0 Å². The summed E-state index contributed by atoms with van der Waals surface area (Å²) >= 11 is 0. The summed E-state index contributed by atoms with van der Waals surface area (Å²) in [5.41, 5.74) is 0. The molecule has 0 aromatic rings. The third kappa shape index (κ3) is 4.39. The van der Waals surface area contributed by atoms with Gasteiger partial charge in [-0.25, -0.2) is 4.79 Å². The van der Waals surface area contributed by atoms with Gasteiger partial charge in [-0.15, -0.1) is 0 Å². The molecule has 1 aliphatic heterocycles.